The highest BCUT2D eigenvalue weighted by Gasteiger charge is 2.26. The van der Waals surface area contributed by atoms with Crippen LogP contribution in [0.2, 0.25) is 10.0 Å². The molecule has 0 N–H and O–H groups in total. The third-order valence-electron chi connectivity index (χ3n) is 7.84. The van der Waals surface area contributed by atoms with Gasteiger partial charge in [0.15, 0.2) is 0 Å². The summed E-state index contributed by atoms with van der Waals surface area (Å²) in [6.45, 7) is 2.51. The molecule has 1 unspecified atom stereocenters. The summed E-state index contributed by atoms with van der Waals surface area (Å²) in [5.41, 5.74) is 4.21. The van der Waals surface area contributed by atoms with Gasteiger partial charge in [0, 0.05) is 33.3 Å². The number of fused-ring (bicyclic) bond motifs is 1. The van der Waals surface area contributed by atoms with Crippen molar-refractivity contribution in [3.05, 3.63) is 98.4 Å². The molecule has 10 heteroatoms. The highest BCUT2D eigenvalue weighted by molar-refractivity contribution is 6.42. The SMILES string of the molecule is CN(C)C(=O)c1ccc(-c2ccc(C(CN3CCCC3)N(C)C(=O)Cn3c(=O)cnc4cc(Cl)c(Cl)cc43)cc2)cc1. The number of halogens is 2. The molecule has 1 saturated heterocycles. The van der Waals surface area contributed by atoms with Crippen LogP contribution in [0, 0.1) is 0 Å². The van der Waals surface area contributed by atoms with E-state index in [1.807, 2.05) is 36.4 Å². The van der Waals surface area contributed by atoms with Crippen molar-refractivity contribution in [2.75, 3.05) is 40.8 Å². The van der Waals surface area contributed by atoms with Gasteiger partial charge in [0.2, 0.25) is 5.91 Å². The number of carbonyl (C=O) groups excluding carboxylic acids is 2. The molecule has 0 saturated carbocycles. The Bertz CT molecular complexity index is 1660. The van der Waals surface area contributed by atoms with E-state index in [2.05, 4.69) is 22.0 Å². The zero-order valence-corrected chi connectivity index (χ0v) is 25.4. The van der Waals surface area contributed by atoms with Crippen molar-refractivity contribution < 1.29 is 9.59 Å². The maximum Gasteiger partial charge on any atom is 0.269 e. The van der Waals surface area contributed by atoms with Gasteiger partial charge < -0.3 is 14.7 Å². The summed E-state index contributed by atoms with van der Waals surface area (Å²) in [6.07, 6.45) is 3.47. The van der Waals surface area contributed by atoms with Gasteiger partial charge in [0.1, 0.15) is 6.54 Å². The predicted molar refractivity (Wildman–Crippen MR) is 167 cm³/mol. The fourth-order valence-electron chi connectivity index (χ4n) is 5.36. The number of amides is 2. The number of nitrogens with zero attached hydrogens (tertiary/aromatic N) is 5. The van der Waals surface area contributed by atoms with E-state index in [9.17, 15) is 14.4 Å². The van der Waals surface area contributed by atoms with Gasteiger partial charge in [0.05, 0.1) is 33.3 Å². The van der Waals surface area contributed by atoms with E-state index in [0.717, 1.165) is 42.6 Å². The average molecular weight is 607 g/mol. The maximum absolute atomic E-state index is 13.7. The molecular formula is C32H33Cl2N5O3. The van der Waals surface area contributed by atoms with Crippen molar-refractivity contribution in [3.8, 4) is 11.1 Å². The molecule has 1 aromatic heterocycles. The molecule has 2 heterocycles. The Balaban J connectivity index is 1.41. The van der Waals surface area contributed by atoms with Crippen LogP contribution in [0.15, 0.2) is 71.7 Å². The lowest BCUT2D eigenvalue weighted by Gasteiger charge is -2.32. The molecule has 218 valence electrons. The molecule has 42 heavy (non-hydrogen) atoms. The molecule has 2 amide bonds. The van der Waals surface area contributed by atoms with E-state index in [1.54, 1.807) is 43.1 Å². The average Bonchev–Trinajstić information content (AvgIpc) is 3.51. The highest BCUT2D eigenvalue weighted by atomic mass is 35.5. The monoisotopic (exact) mass is 605 g/mol. The number of carbonyl (C=O) groups is 2. The molecule has 1 aliphatic heterocycles. The van der Waals surface area contributed by atoms with E-state index in [4.69, 9.17) is 23.2 Å². The van der Waals surface area contributed by atoms with Crippen LogP contribution in [0.4, 0.5) is 0 Å². The number of likely N-dealkylation sites (N-methyl/N-ethyl adjacent to an activating group) is 1. The molecule has 4 aromatic rings. The van der Waals surface area contributed by atoms with Crippen LogP contribution in [-0.4, -0.2) is 76.8 Å². The first kappa shape index (κ1) is 29.8. The number of hydrogen-bond donors (Lipinski definition) is 0. The molecule has 1 fully saturated rings. The largest absolute Gasteiger partial charge is 0.345 e. The van der Waals surface area contributed by atoms with Crippen LogP contribution in [0.1, 0.15) is 34.8 Å². The molecule has 8 nitrogen and oxygen atoms in total. The standard InChI is InChI=1S/C32H33Cl2N5O3/c1-36(2)32(42)24-12-8-22(9-13-24)21-6-10-23(11-7-21)29(19-38-14-4-5-15-38)37(3)31(41)20-39-28-17-26(34)25(33)16-27(28)35-18-30(39)40/h6-13,16-18,29H,4-5,14-15,19-20H2,1-3H3. The third-order valence-corrected chi connectivity index (χ3v) is 8.56. The fraction of sp³-hybridized carbons (Fsp3) is 0.312. The summed E-state index contributed by atoms with van der Waals surface area (Å²) in [5.74, 6) is -0.242. The second kappa shape index (κ2) is 12.7. The van der Waals surface area contributed by atoms with E-state index in [-0.39, 0.29) is 35.0 Å². The first-order valence-electron chi connectivity index (χ1n) is 13.9. The Hall–Kier alpha value is -3.72. The zero-order chi connectivity index (χ0) is 30.0. The Kier molecular flexibility index (Phi) is 8.96. The summed E-state index contributed by atoms with van der Waals surface area (Å²) < 4.78 is 1.39. The molecule has 5 rings (SSSR count). The van der Waals surface area contributed by atoms with Crippen molar-refractivity contribution in [3.63, 3.8) is 0 Å². The van der Waals surface area contributed by atoms with Crippen molar-refractivity contribution >= 4 is 46.0 Å². The van der Waals surface area contributed by atoms with E-state index >= 15 is 0 Å². The lowest BCUT2D eigenvalue weighted by atomic mass is 9.98. The summed E-state index contributed by atoms with van der Waals surface area (Å²) in [5, 5.41) is 0.620. The quantitative estimate of drug-likeness (QED) is 0.270. The topological polar surface area (TPSA) is 78.8 Å². The first-order chi connectivity index (χ1) is 20.1. The van der Waals surface area contributed by atoms with Crippen LogP contribution in [0.5, 0.6) is 0 Å². The number of aromatic nitrogens is 2. The van der Waals surface area contributed by atoms with Crippen LogP contribution in [0.3, 0.4) is 0 Å². The summed E-state index contributed by atoms with van der Waals surface area (Å²) in [4.78, 5) is 48.6. The summed E-state index contributed by atoms with van der Waals surface area (Å²) in [6, 6.07) is 18.7. The lowest BCUT2D eigenvalue weighted by molar-refractivity contribution is -0.133. The van der Waals surface area contributed by atoms with Crippen LogP contribution >= 0.6 is 23.2 Å². The molecular weight excluding hydrogens is 573 g/mol. The molecule has 1 aliphatic rings. The van der Waals surface area contributed by atoms with Gasteiger partial charge in [-0.3, -0.25) is 19.0 Å². The molecule has 0 spiro atoms. The minimum atomic E-state index is -0.388. The van der Waals surface area contributed by atoms with Gasteiger partial charge in [-0.05, 0) is 66.9 Å². The van der Waals surface area contributed by atoms with Crippen molar-refractivity contribution in [2.24, 2.45) is 0 Å². The molecule has 0 aliphatic carbocycles. The number of benzene rings is 3. The Labute approximate surface area is 255 Å². The maximum atomic E-state index is 13.7. The number of hydrogen-bond acceptors (Lipinski definition) is 5. The summed E-state index contributed by atoms with van der Waals surface area (Å²) >= 11 is 12.4. The normalized spacial score (nSPS) is 14.2. The van der Waals surface area contributed by atoms with Crippen molar-refractivity contribution in [1.29, 1.82) is 0 Å². The Morgan fingerprint density at radius 3 is 2.12 bits per heavy atom. The zero-order valence-electron chi connectivity index (χ0n) is 23.9. The van der Waals surface area contributed by atoms with Gasteiger partial charge in [-0.1, -0.05) is 59.6 Å². The second-order valence-electron chi connectivity index (χ2n) is 10.9. The van der Waals surface area contributed by atoms with Gasteiger partial charge >= 0.3 is 0 Å². The van der Waals surface area contributed by atoms with Crippen molar-refractivity contribution in [1.82, 2.24) is 24.3 Å². The van der Waals surface area contributed by atoms with Gasteiger partial charge in [-0.15, -0.1) is 0 Å². The lowest BCUT2D eigenvalue weighted by Crippen LogP contribution is -2.41. The second-order valence-corrected chi connectivity index (χ2v) is 11.7. The van der Waals surface area contributed by atoms with E-state index in [0.29, 0.717) is 28.2 Å². The minimum absolute atomic E-state index is 0.0386. The van der Waals surface area contributed by atoms with Gasteiger partial charge in [-0.25, -0.2) is 4.98 Å². The number of likely N-dealkylation sites (tertiary alicyclic amines) is 1. The van der Waals surface area contributed by atoms with E-state index < -0.39 is 0 Å². The summed E-state index contributed by atoms with van der Waals surface area (Å²) in [7, 11) is 5.26. The molecule has 1 atom stereocenters. The minimum Gasteiger partial charge on any atom is -0.345 e. The molecule has 0 radical (unpaired) electrons. The van der Waals surface area contributed by atoms with Gasteiger partial charge in [0.25, 0.3) is 11.5 Å². The predicted octanol–water partition coefficient (Wildman–Crippen LogP) is 5.37. The van der Waals surface area contributed by atoms with Crippen LogP contribution in [-0.2, 0) is 11.3 Å². The van der Waals surface area contributed by atoms with Gasteiger partial charge in [-0.2, -0.15) is 0 Å². The Morgan fingerprint density at radius 1 is 0.905 bits per heavy atom. The smallest absolute Gasteiger partial charge is 0.269 e. The first-order valence-corrected chi connectivity index (χ1v) is 14.6. The van der Waals surface area contributed by atoms with Crippen molar-refractivity contribution in [2.45, 2.75) is 25.4 Å². The van der Waals surface area contributed by atoms with Crippen LogP contribution in [0.25, 0.3) is 22.2 Å². The molecule has 0 bridgehead atoms. The third kappa shape index (κ3) is 6.36. The highest BCUT2D eigenvalue weighted by Crippen LogP contribution is 2.29. The number of rotatable bonds is 8. The molecule has 3 aromatic carbocycles. The van der Waals surface area contributed by atoms with Crippen LogP contribution < -0.4 is 5.56 Å². The fourth-order valence-corrected chi connectivity index (χ4v) is 5.68. The Morgan fingerprint density at radius 2 is 1.50 bits per heavy atom. The van der Waals surface area contributed by atoms with E-state index in [1.165, 1.54) is 10.8 Å².